The molecule has 3 aromatic rings. The van der Waals surface area contributed by atoms with E-state index in [4.69, 9.17) is 11.6 Å². The Hall–Kier alpha value is -3.30. The first-order valence-electron chi connectivity index (χ1n) is 11.0. The van der Waals surface area contributed by atoms with Crippen molar-refractivity contribution in [3.63, 3.8) is 0 Å². The van der Waals surface area contributed by atoms with Gasteiger partial charge in [-0.3, -0.25) is 0 Å². The van der Waals surface area contributed by atoms with Gasteiger partial charge in [0.05, 0.1) is 11.2 Å². The number of hydrogen-bond acceptors (Lipinski definition) is 3. The molecule has 4 heteroatoms. The Morgan fingerprint density at radius 3 is 2.58 bits per heavy atom. The van der Waals surface area contributed by atoms with Gasteiger partial charge in [-0.2, -0.15) is 0 Å². The average Bonchev–Trinajstić information content (AvgIpc) is 2.82. The average molecular weight is 457 g/mol. The fourth-order valence-electron chi connectivity index (χ4n) is 3.89. The van der Waals surface area contributed by atoms with Crippen LogP contribution < -0.4 is 0 Å². The third-order valence-electron chi connectivity index (χ3n) is 5.67. The number of nitroso groups, excluding NO2 is 1. The molecule has 1 aromatic heterocycles. The van der Waals surface area contributed by atoms with Gasteiger partial charge in [0.25, 0.3) is 0 Å². The van der Waals surface area contributed by atoms with Crippen molar-refractivity contribution in [2.45, 2.75) is 38.6 Å². The summed E-state index contributed by atoms with van der Waals surface area (Å²) in [6, 6.07) is 18.3. The second-order valence-corrected chi connectivity index (χ2v) is 8.94. The number of aromatic nitrogens is 1. The zero-order valence-electron chi connectivity index (χ0n) is 19.2. The topological polar surface area (TPSA) is 42.3 Å². The minimum atomic E-state index is -0.807. The smallest absolute Gasteiger partial charge is 0.122 e. The van der Waals surface area contributed by atoms with Crippen molar-refractivity contribution in [1.29, 1.82) is 0 Å². The Morgan fingerprint density at radius 2 is 1.85 bits per heavy atom. The van der Waals surface area contributed by atoms with E-state index >= 15 is 0 Å². The molecule has 0 atom stereocenters. The summed E-state index contributed by atoms with van der Waals surface area (Å²) in [5.41, 5.74) is 5.21. The van der Waals surface area contributed by atoms with E-state index in [0.717, 1.165) is 52.6 Å². The van der Waals surface area contributed by atoms with Crippen LogP contribution in [0.15, 0.2) is 96.2 Å². The molecule has 0 unspecified atom stereocenters. The molecule has 0 aliphatic carbocycles. The second-order valence-electron chi connectivity index (χ2n) is 8.50. The lowest BCUT2D eigenvalue weighted by Gasteiger charge is -2.20. The van der Waals surface area contributed by atoms with Gasteiger partial charge in [-0.05, 0) is 79.7 Å². The second kappa shape index (κ2) is 11.0. The Kier molecular flexibility index (Phi) is 8.13. The summed E-state index contributed by atoms with van der Waals surface area (Å²) in [7, 11) is 0. The van der Waals surface area contributed by atoms with Crippen LogP contribution in [0.1, 0.15) is 43.5 Å². The maximum absolute atomic E-state index is 11.2. The quantitative estimate of drug-likeness (QED) is 0.226. The van der Waals surface area contributed by atoms with Gasteiger partial charge in [-0.1, -0.05) is 84.6 Å². The van der Waals surface area contributed by atoms with E-state index in [-0.39, 0.29) is 0 Å². The van der Waals surface area contributed by atoms with E-state index in [1.165, 1.54) is 5.56 Å². The van der Waals surface area contributed by atoms with E-state index in [1.807, 2.05) is 36.4 Å². The molecule has 0 amide bonds. The molecule has 0 aliphatic rings. The van der Waals surface area contributed by atoms with Crippen LogP contribution in [0.25, 0.3) is 23.1 Å². The standard InChI is InChI=1S/C29H29ClN2O/c1-5-23(27(6-2)29(3,4)32-33)12-8-11-21-9-7-10-22(19-21)13-17-26-18-15-24-14-16-25(30)20-28(24)31-26/h5-7,9-10,13-20H,1-2,8,11-12H2,3-4H3/b17-13+,27-23-. The normalized spacial score (nSPS) is 12.6. The van der Waals surface area contributed by atoms with E-state index in [2.05, 4.69) is 59.7 Å². The van der Waals surface area contributed by atoms with Gasteiger partial charge in [-0.15, -0.1) is 4.91 Å². The molecule has 0 saturated heterocycles. The maximum Gasteiger partial charge on any atom is 0.122 e. The Morgan fingerprint density at radius 1 is 1.06 bits per heavy atom. The summed E-state index contributed by atoms with van der Waals surface area (Å²) < 4.78 is 0. The highest BCUT2D eigenvalue weighted by Gasteiger charge is 2.24. The summed E-state index contributed by atoms with van der Waals surface area (Å²) in [5.74, 6) is 0. The fraction of sp³-hybridized carbons (Fsp3) is 0.207. The number of halogens is 1. The summed E-state index contributed by atoms with van der Waals surface area (Å²) in [4.78, 5) is 15.9. The van der Waals surface area contributed by atoms with Gasteiger partial charge in [0.2, 0.25) is 0 Å². The molecule has 168 valence electrons. The van der Waals surface area contributed by atoms with Crippen molar-refractivity contribution in [2.75, 3.05) is 0 Å². The molecule has 0 fully saturated rings. The molecule has 0 aliphatic heterocycles. The fourth-order valence-corrected chi connectivity index (χ4v) is 4.05. The van der Waals surface area contributed by atoms with Gasteiger partial charge >= 0.3 is 0 Å². The van der Waals surface area contributed by atoms with Crippen molar-refractivity contribution in [2.24, 2.45) is 5.18 Å². The van der Waals surface area contributed by atoms with Crippen LogP contribution in [0, 0.1) is 4.91 Å². The van der Waals surface area contributed by atoms with Crippen LogP contribution in [0.3, 0.4) is 0 Å². The molecule has 33 heavy (non-hydrogen) atoms. The highest BCUT2D eigenvalue weighted by Crippen LogP contribution is 2.28. The van der Waals surface area contributed by atoms with Crippen LogP contribution in [-0.2, 0) is 6.42 Å². The van der Waals surface area contributed by atoms with E-state index < -0.39 is 5.54 Å². The third-order valence-corrected chi connectivity index (χ3v) is 5.90. The number of aryl methyl sites for hydroxylation is 1. The lowest BCUT2D eigenvalue weighted by atomic mass is 9.88. The molecule has 0 bridgehead atoms. The third kappa shape index (κ3) is 6.36. The lowest BCUT2D eigenvalue weighted by molar-refractivity contribution is 0.613. The van der Waals surface area contributed by atoms with Crippen molar-refractivity contribution >= 4 is 34.7 Å². The van der Waals surface area contributed by atoms with Crippen LogP contribution >= 0.6 is 11.6 Å². The van der Waals surface area contributed by atoms with E-state index in [9.17, 15) is 4.91 Å². The van der Waals surface area contributed by atoms with Crippen LogP contribution in [0.2, 0.25) is 5.02 Å². The first-order chi connectivity index (χ1) is 15.9. The van der Waals surface area contributed by atoms with Crippen molar-refractivity contribution in [3.8, 4) is 0 Å². The van der Waals surface area contributed by atoms with Crippen LogP contribution in [0.4, 0.5) is 0 Å². The predicted octanol–water partition coefficient (Wildman–Crippen LogP) is 8.59. The number of fused-ring (bicyclic) bond motifs is 1. The maximum atomic E-state index is 11.2. The Bertz CT molecular complexity index is 1240. The first kappa shape index (κ1) is 24.3. The van der Waals surface area contributed by atoms with Gasteiger partial charge in [0.1, 0.15) is 5.54 Å². The number of benzene rings is 2. The van der Waals surface area contributed by atoms with Crippen molar-refractivity contribution < 1.29 is 0 Å². The zero-order chi connectivity index (χ0) is 23.8. The monoisotopic (exact) mass is 456 g/mol. The number of hydrogen-bond donors (Lipinski definition) is 0. The highest BCUT2D eigenvalue weighted by molar-refractivity contribution is 6.31. The molecule has 0 N–H and O–H groups in total. The van der Waals surface area contributed by atoms with Crippen molar-refractivity contribution in [1.82, 2.24) is 4.98 Å². The lowest BCUT2D eigenvalue weighted by Crippen LogP contribution is -2.19. The molecular weight excluding hydrogens is 428 g/mol. The van der Waals surface area contributed by atoms with Crippen LogP contribution in [0.5, 0.6) is 0 Å². The van der Waals surface area contributed by atoms with Gasteiger partial charge in [0.15, 0.2) is 0 Å². The zero-order valence-corrected chi connectivity index (χ0v) is 20.0. The van der Waals surface area contributed by atoms with E-state index in [0.29, 0.717) is 5.02 Å². The molecule has 0 radical (unpaired) electrons. The molecule has 3 rings (SSSR count). The minimum Gasteiger partial charge on any atom is -0.248 e. The Labute approximate surface area is 201 Å². The molecule has 0 spiro atoms. The van der Waals surface area contributed by atoms with Crippen LogP contribution in [-0.4, -0.2) is 10.5 Å². The molecule has 3 nitrogen and oxygen atoms in total. The molecule has 2 aromatic carbocycles. The van der Waals surface area contributed by atoms with Gasteiger partial charge in [0, 0.05) is 10.4 Å². The molecule has 1 heterocycles. The summed E-state index contributed by atoms with van der Waals surface area (Å²) in [6.45, 7) is 11.4. The van der Waals surface area contributed by atoms with Crippen molar-refractivity contribution in [3.05, 3.63) is 118 Å². The number of rotatable bonds is 10. The number of pyridine rings is 1. The predicted molar refractivity (Wildman–Crippen MR) is 142 cm³/mol. The number of nitrogens with zero attached hydrogens (tertiary/aromatic N) is 2. The molecule has 0 saturated carbocycles. The summed E-state index contributed by atoms with van der Waals surface area (Å²) in [5, 5.41) is 5.01. The number of allylic oxidation sites excluding steroid dienone is 2. The largest absolute Gasteiger partial charge is 0.248 e. The Balaban J connectivity index is 1.69. The molecular formula is C29H29ClN2O. The van der Waals surface area contributed by atoms with Gasteiger partial charge in [-0.25, -0.2) is 4.98 Å². The SMILES string of the molecule is C=C/C(CCCc1cccc(/C=C/c2ccc3ccc(Cl)cc3n2)c1)=C(\C=C)C(C)(C)N=O. The first-order valence-corrected chi connectivity index (χ1v) is 11.4. The van der Waals surface area contributed by atoms with Gasteiger partial charge < -0.3 is 0 Å². The summed E-state index contributed by atoms with van der Waals surface area (Å²) in [6.07, 6.45) is 10.3. The summed E-state index contributed by atoms with van der Waals surface area (Å²) >= 11 is 6.10. The highest BCUT2D eigenvalue weighted by atomic mass is 35.5. The minimum absolute atomic E-state index is 0.685. The van der Waals surface area contributed by atoms with E-state index in [1.54, 1.807) is 19.9 Å².